The first-order valence-electron chi connectivity index (χ1n) is 3.71. The quantitative estimate of drug-likeness (QED) is 0.722. The summed E-state index contributed by atoms with van der Waals surface area (Å²) < 4.78 is 35.2. The second-order valence-corrected chi connectivity index (χ2v) is 4.15. The molecule has 0 aliphatic heterocycles. The fourth-order valence-electron chi connectivity index (χ4n) is 1.09. The van der Waals surface area contributed by atoms with Gasteiger partial charge >= 0.3 is 0 Å². The minimum absolute atomic E-state index is 0.162. The summed E-state index contributed by atoms with van der Waals surface area (Å²) in [5, 5.41) is 9.28. The number of methoxy groups -OCH3 is 1. The first-order valence-corrected chi connectivity index (χ1v) is 5.15. The molecule has 1 rings (SSSR count). The predicted octanol–water partition coefficient (Wildman–Crippen LogP) is 0.956. The van der Waals surface area contributed by atoms with Crippen LogP contribution in [0.4, 0.5) is 0 Å². The van der Waals surface area contributed by atoms with E-state index < -0.39 is 10.1 Å². The molecule has 0 aromatic heterocycles. The summed E-state index contributed by atoms with van der Waals surface area (Å²) in [5.41, 5.74) is 0.308. The molecule has 1 aromatic carbocycles. The van der Waals surface area contributed by atoms with Crippen LogP contribution >= 0.6 is 0 Å². The van der Waals surface area contributed by atoms with Gasteiger partial charge < -0.3 is 9.84 Å². The lowest BCUT2D eigenvalue weighted by Crippen LogP contribution is -2.01. The Morgan fingerprint density at radius 2 is 1.93 bits per heavy atom. The Hall–Kier alpha value is -1.27. The van der Waals surface area contributed by atoms with E-state index in [9.17, 15) is 13.5 Å². The van der Waals surface area contributed by atoms with Gasteiger partial charge in [0, 0.05) is 6.07 Å². The fraction of sp³-hybridized carbons (Fsp3) is 0.250. The Balaban J connectivity index is 3.44. The summed E-state index contributed by atoms with van der Waals surface area (Å²) in [7, 11) is -2.95. The summed E-state index contributed by atoms with van der Waals surface area (Å²) in [5.74, 6) is -0.166. The third-order valence-electron chi connectivity index (χ3n) is 1.75. The molecule has 0 saturated carbocycles. The van der Waals surface area contributed by atoms with Gasteiger partial charge in [-0.15, -0.1) is 0 Å². The van der Waals surface area contributed by atoms with E-state index in [1.807, 2.05) is 0 Å². The molecule has 0 unspecified atom stereocenters. The van der Waals surface area contributed by atoms with Gasteiger partial charge in [-0.05, 0) is 18.6 Å². The first-order chi connectivity index (χ1) is 6.36. The molecule has 0 atom stereocenters. The first kappa shape index (κ1) is 10.8. The van der Waals surface area contributed by atoms with Crippen molar-refractivity contribution in [3.63, 3.8) is 0 Å². The van der Waals surface area contributed by atoms with E-state index >= 15 is 0 Å². The molecule has 0 bridgehead atoms. The SMILES string of the molecule is COc1cc(C)c(S(=O)(=O)O)cc1O. The molecule has 0 saturated heterocycles. The van der Waals surface area contributed by atoms with Crippen LogP contribution in [0.15, 0.2) is 17.0 Å². The van der Waals surface area contributed by atoms with Crippen LogP contribution in [0.3, 0.4) is 0 Å². The van der Waals surface area contributed by atoms with Gasteiger partial charge in [0.25, 0.3) is 10.1 Å². The van der Waals surface area contributed by atoms with Gasteiger partial charge in [-0.2, -0.15) is 8.42 Å². The number of rotatable bonds is 2. The lowest BCUT2D eigenvalue weighted by molar-refractivity contribution is 0.371. The molecule has 0 radical (unpaired) electrons. The number of phenolic OH excluding ortho intramolecular Hbond substituents is 1. The van der Waals surface area contributed by atoms with Crippen molar-refractivity contribution in [3.05, 3.63) is 17.7 Å². The lowest BCUT2D eigenvalue weighted by atomic mass is 10.2. The molecular formula is C8H10O5S. The van der Waals surface area contributed by atoms with Crippen LogP contribution in [0.2, 0.25) is 0 Å². The van der Waals surface area contributed by atoms with Crippen molar-refractivity contribution in [2.24, 2.45) is 0 Å². The molecule has 0 fully saturated rings. The Bertz CT molecular complexity index is 449. The van der Waals surface area contributed by atoms with E-state index in [1.165, 1.54) is 20.1 Å². The number of aryl methyl sites for hydroxylation is 1. The molecule has 0 aliphatic carbocycles. The molecule has 14 heavy (non-hydrogen) atoms. The largest absolute Gasteiger partial charge is 0.504 e. The summed E-state index contributed by atoms with van der Waals surface area (Å²) in [4.78, 5) is -0.323. The van der Waals surface area contributed by atoms with Gasteiger partial charge in [-0.3, -0.25) is 4.55 Å². The standard InChI is InChI=1S/C8H10O5S/c1-5-3-7(13-2)6(9)4-8(5)14(10,11)12/h3-4,9H,1-2H3,(H,10,11,12). The van der Waals surface area contributed by atoms with Crippen LogP contribution in [-0.4, -0.2) is 25.2 Å². The third kappa shape index (κ3) is 1.97. The second kappa shape index (κ2) is 3.47. The molecular weight excluding hydrogens is 208 g/mol. The predicted molar refractivity (Wildman–Crippen MR) is 49.2 cm³/mol. The molecule has 2 N–H and O–H groups in total. The van der Waals surface area contributed by atoms with E-state index in [4.69, 9.17) is 9.29 Å². The van der Waals surface area contributed by atoms with Gasteiger partial charge in [0.15, 0.2) is 11.5 Å². The van der Waals surface area contributed by atoms with Crippen LogP contribution in [0, 0.1) is 6.92 Å². The zero-order valence-electron chi connectivity index (χ0n) is 7.68. The zero-order valence-corrected chi connectivity index (χ0v) is 8.50. The maximum atomic E-state index is 10.8. The van der Waals surface area contributed by atoms with E-state index in [-0.39, 0.29) is 16.4 Å². The van der Waals surface area contributed by atoms with Crippen molar-refractivity contribution in [1.29, 1.82) is 0 Å². The number of ether oxygens (including phenoxy) is 1. The molecule has 5 nitrogen and oxygen atoms in total. The van der Waals surface area contributed by atoms with Crippen LogP contribution < -0.4 is 4.74 Å². The molecule has 6 heteroatoms. The van der Waals surface area contributed by atoms with Crippen LogP contribution in [0.25, 0.3) is 0 Å². The van der Waals surface area contributed by atoms with Crippen molar-refractivity contribution in [3.8, 4) is 11.5 Å². The minimum Gasteiger partial charge on any atom is -0.504 e. The van der Waals surface area contributed by atoms with Gasteiger partial charge in [-0.1, -0.05) is 0 Å². The van der Waals surface area contributed by atoms with Crippen LogP contribution in [0.5, 0.6) is 11.5 Å². The second-order valence-electron chi connectivity index (χ2n) is 2.76. The average molecular weight is 218 g/mol. The number of benzene rings is 1. The van der Waals surface area contributed by atoms with Crippen molar-refractivity contribution in [2.45, 2.75) is 11.8 Å². The van der Waals surface area contributed by atoms with Gasteiger partial charge in [0.05, 0.1) is 7.11 Å². The fourth-order valence-corrected chi connectivity index (χ4v) is 1.82. The van der Waals surface area contributed by atoms with Crippen LogP contribution in [-0.2, 0) is 10.1 Å². The number of hydrogen-bond acceptors (Lipinski definition) is 4. The maximum absolute atomic E-state index is 10.8. The Morgan fingerprint density at radius 3 is 2.36 bits per heavy atom. The monoisotopic (exact) mass is 218 g/mol. The van der Waals surface area contributed by atoms with Gasteiger partial charge in [-0.25, -0.2) is 0 Å². The zero-order chi connectivity index (χ0) is 10.9. The van der Waals surface area contributed by atoms with Gasteiger partial charge in [0.2, 0.25) is 0 Å². The normalized spacial score (nSPS) is 11.4. The summed E-state index contributed by atoms with van der Waals surface area (Å²) in [6.45, 7) is 1.49. The number of aromatic hydroxyl groups is 1. The molecule has 0 amide bonds. The van der Waals surface area contributed by atoms with E-state index in [1.54, 1.807) is 0 Å². The Morgan fingerprint density at radius 1 is 1.36 bits per heavy atom. The molecule has 0 heterocycles. The van der Waals surface area contributed by atoms with Gasteiger partial charge in [0.1, 0.15) is 4.90 Å². The maximum Gasteiger partial charge on any atom is 0.294 e. The number of phenols is 1. The highest BCUT2D eigenvalue weighted by atomic mass is 32.2. The smallest absolute Gasteiger partial charge is 0.294 e. The van der Waals surface area contributed by atoms with Crippen molar-refractivity contribution >= 4 is 10.1 Å². The summed E-state index contributed by atoms with van der Waals surface area (Å²) in [6, 6.07) is 2.28. The highest BCUT2D eigenvalue weighted by Gasteiger charge is 2.16. The van der Waals surface area contributed by atoms with Crippen LogP contribution in [0.1, 0.15) is 5.56 Å². The Labute approximate surface area is 81.7 Å². The summed E-state index contributed by atoms with van der Waals surface area (Å²) in [6.07, 6.45) is 0. The molecule has 78 valence electrons. The van der Waals surface area contributed by atoms with Crippen molar-refractivity contribution < 1.29 is 22.8 Å². The average Bonchev–Trinajstić information content (AvgIpc) is 2.06. The topological polar surface area (TPSA) is 83.8 Å². The van der Waals surface area contributed by atoms with Crippen molar-refractivity contribution in [1.82, 2.24) is 0 Å². The van der Waals surface area contributed by atoms with E-state index in [0.29, 0.717) is 5.56 Å². The van der Waals surface area contributed by atoms with E-state index in [2.05, 4.69) is 0 Å². The third-order valence-corrected chi connectivity index (χ3v) is 2.75. The lowest BCUT2D eigenvalue weighted by Gasteiger charge is -2.07. The Kier molecular flexibility index (Phi) is 2.68. The van der Waals surface area contributed by atoms with Crippen molar-refractivity contribution in [2.75, 3.05) is 7.11 Å². The molecule has 0 spiro atoms. The minimum atomic E-state index is -4.30. The highest BCUT2D eigenvalue weighted by Crippen LogP contribution is 2.30. The highest BCUT2D eigenvalue weighted by molar-refractivity contribution is 7.85. The van der Waals surface area contributed by atoms with E-state index in [0.717, 1.165) is 6.07 Å². The molecule has 1 aromatic rings. The number of hydrogen-bond donors (Lipinski definition) is 2. The summed E-state index contributed by atoms with van der Waals surface area (Å²) >= 11 is 0. The molecule has 0 aliphatic rings.